The van der Waals surface area contributed by atoms with Crippen LogP contribution in [0.1, 0.15) is 35.4 Å². The van der Waals surface area contributed by atoms with Gasteiger partial charge in [-0.15, -0.1) is 0 Å². The van der Waals surface area contributed by atoms with Crippen LogP contribution >= 0.6 is 0 Å². The van der Waals surface area contributed by atoms with E-state index < -0.39 is 5.82 Å². The van der Waals surface area contributed by atoms with Crippen molar-refractivity contribution in [3.63, 3.8) is 0 Å². The van der Waals surface area contributed by atoms with Crippen LogP contribution in [0.5, 0.6) is 5.75 Å². The summed E-state index contributed by atoms with van der Waals surface area (Å²) in [4.78, 5) is 0. The molecule has 0 saturated heterocycles. The van der Waals surface area contributed by atoms with E-state index in [2.05, 4.69) is 18.2 Å². The normalized spacial score (nSPS) is 16.9. The van der Waals surface area contributed by atoms with Gasteiger partial charge in [-0.2, -0.15) is 5.26 Å². The van der Waals surface area contributed by atoms with Gasteiger partial charge in [0, 0.05) is 5.92 Å². The quantitative estimate of drug-likeness (QED) is 0.845. The number of hydrogen-bond donors (Lipinski definition) is 0. The standard InChI is InChI=1S/C18H16FNO/c19-17-9-4-10-18(16(17)11-20)21-12-14-7-3-6-13-5-1-2-8-15(13)14/h1-2,4-5,8-10,14H,3,6-7,12H2. The molecule has 0 heterocycles. The Hall–Kier alpha value is -2.34. The number of nitrogens with zero attached hydrogens (tertiary/aromatic N) is 1. The van der Waals surface area contributed by atoms with E-state index in [4.69, 9.17) is 10.00 Å². The van der Waals surface area contributed by atoms with E-state index in [1.165, 1.54) is 17.2 Å². The summed E-state index contributed by atoms with van der Waals surface area (Å²) in [6.07, 6.45) is 3.31. The third-order valence-corrected chi connectivity index (χ3v) is 4.02. The molecular formula is C18H16FNO. The van der Waals surface area contributed by atoms with E-state index in [9.17, 15) is 4.39 Å². The van der Waals surface area contributed by atoms with E-state index >= 15 is 0 Å². The van der Waals surface area contributed by atoms with Crippen LogP contribution in [0, 0.1) is 17.1 Å². The Morgan fingerprint density at radius 1 is 1.19 bits per heavy atom. The maximum Gasteiger partial charge on any atom is 0.144 e. The number of benzene rings is 2. The molecule has 0 bridgehead atoms. The number of ether oxygens (including phenoxy) is 1. The van der Waals surface area contributed by atoms with Gasteiger partial charge in [0.1, 0.15) is 23.2 Å². The van der Waals surface area contributed by atoms with Crippen molar-refractivity contribution in [2.75, 3.05) is 6.61 Å². The molecule has 3 rings (SSSR count). The molecule has 2 aromatic carbocycles. The Labute approximate surface area is 123 Å². The lowest BCUT2D eigenvalue weighted by Crippen LogP contribution is -2.17. The maximum atomic E-state index is 13.6. The largest absolute Gasteiger partial charge is 0.491 e. The molecule has 3 heteroatoms. The number of nitriles is 1. The van der Waals surface area contributed by atoms with Crippen molar-refractivity contribution in [3.8, 4) is 11.8 Å². The average Bonchev–Trinajstić information content (AvgIpc) is 2.53. The van der Waals surface area contributed by atoms with Crippen molar-refractivity contribution in [1.82, 2.24) is 0 Å². The number of fused-ring (bicyclic) bond motifs is 1. The highest BCUT2D eigenvalue weighted by atomic mass is 19.1. The van der Waals surface area contributed by atoms with Crippen LogP contribution in [-0.4, -0.2) is 6.61 Å². The lowest BCUT2D eigenvalue weighted by molar-refractivity contribution is 0.273. The molecule has 0 radical (unpaired) electrons. The van der Waals surface area contributed by atoms with Crippen molar-refractivity contribution in [1.29, 1.82) is 5.26 Å². The van der Waals surface area contributed by atoms with Gasteiger partial charge < -0.3 is 4.74 Å². The van der Waals surface area contributed by atoms with Crippen LogP contribution in [0.15, 0.2) is 42.5 Å². The molecular weight excluding hydrogens is 265 g/mol. The number of halogens is 1. The fraction of sp³-hybridized carbons (Fsp3) is 0.278. The Morgan fingerprint density at radius 3 is 2.90 bits per heavy atom. The molecule has 0 aromatic heterocycles. The fourth-order valence-electron chi connectivity index (χ4n) is 2.95. The van der Waals surface area contributed by atoms with Gasteiger partial charge in [0.2, 0.25) is 0 Å². The Balaban J connectivity index is 1.78. The highest BCUT2D eigenvalue weighted by Gasteiger charge is 2.21. The first-order valence-electron chi connectivity index (χ1n) is 7.19. The van der Waals surface area contributed by atoms with E-state index in [0.29, 0.717) is 18.3 Å². The molecule has 2 aromatic rings. The molecule has 0 aliphatic heterocycles. The van der Waals surface area contributed by atoms with Crippen molar-refractivity contribution in [3.05, 3.63) is 65.0 Å². The van der Waals surface area contributed by atoms with Gasteiger partial charge in [0.05, 0.1) is 6.61 Å². The van der Waals surface area contributed by atoms with Gasteiger partial charge in [-0.1, -0.05) is 30.3 Å². The van der Waals surface area contributed by atoms with Gasteiger partial charge in [0.25, 0.3) is 0 Å². The minimum Gasteiger partial charge on any atom is -0.491 e. The van der Waals surface area contributed by atoms with E-state index in [1.54, 1.807) is 12.1 Å². The third-order valence-electron chi connectivity index (χ3n) is 4.02. The molecule has 106 valence electrons. The Morgan fingerprint density at radius 2 is 2.05 bits per heavy atom. The second-order valence-corrected chi connectivity index (χ2v) is 5.32. The Kier molecular flexibility index (Phi) is 3.87. The van der Waals surface area contributed by atoms with Crippen molar-refractivity contribution < 1.29 is 9.13 Å². The first-order valence-corrected chi connectivity index (χ1v) is 7.19. The van der Waals surface area contributed by atoms with Crippen molar-refractivity contribution in [2.45, 2.75) is 25.2 Å². The molecule has 0 N–H and O–H groups in total. The van der Waals surface area contributed by atoms with Crippen LogP contribution in [0.25, 0.3) is 0 Å². The molecule has 1 unspecified atom stereocenters. The highest BCUT2D eigenvalue weighted by molar-refractivity contribution is 5.44. The molecule has 0 fully saturated rings. The summed E-state index contributed by atoms with van der Waals surface area (Å²) in [7, 11) is 0. The average molecular weight is 281 g/mol. The molecule has 0 saturated carbocycles. The second-order valence-electron chi connectivity index (χ2n) is 5.32. The predicted octanol–water partition coefficient (Wildman–Crippen LogP) is 4.20. The molecule has 21 heavy (non-hydrogen) atoms. The van der Waals surface area contributed by atoms with Gasteiger partial charge in [-0.25, -0.2) is 4.39 Å². The summed E-state index contributed by atoms with van der Waals surface area (Å²) < 4.78 is 19.3. The second kappa shape index (κ2) is 5.97. The monoisotopic (exact) mass is 281 g/mol. The first kappa shape index (κ1) is 13.6. The fourth-order valence-corrected chi connectivity index (χ4v) is 2.95. The Bertz CT molecular complexity index is 690. The lowest BCUT2D eigenvalue weighted by Gasteiger charge is -2.25. The van der Waals surface area contributed by atoms with Crippen molar-refractivity contribution >= 4 is 0 Å². The summed E-state index contributed by atoms with van der Waals surface area (Å²) in [6.45, 7) is 0.481. The van der Waals surface area contributed by atoms with E-state index in [-0.39, 0.29) is 5.56 Å². The highest BCUT2D eigenvalue weighted by Crippen LogP contribution is 2.32. The SMILES string of the molecule is N#Cc1c(F)cccc1OCC1CCCc2ccccc21. The summed E-state index contributed by atoms with van der Waals surface area (Å²) >= 11 is 0. The van der Waals surface area contributed by atoms with Gasteiger partial charge in [-0.05, 0) is 42.5 Å². The van der Waals surface area contributed by atoms with Crippen molar-refractivity contribution in [2.24, 2.45) is 0 Å². The summed E-state index contributed by atoms with van der Waals surface area (Å²) in [6, 6.07) is 14.8. The molecule has 1 aliphatic rings. The zero-order valence-corrected chi connectivity index (χ0v) is 11.7. The molecule has 0 spiro atoms. The van der Waals surface area contributed by atoms with Crippen LogP contribution in [0.3, 0.4) is 0 Å². The zero-order chi connectivity index (χ0) is 14.7. The number of aryl methyl sites for hydroxylation is 1. The summed E-state index contributed by atoms with van der Waals surface area (Å²) in [5.74, 6) is 0.115. The van der Waals surface area contributed by atoms with E-state index in [0.717, 1.165) is 19.3 Å². The van der Waals surface area contributed by atoms with Crippen LogP contribution in [-0.2, 0) is 6.42 Å². The van der Waals surface area contributed by atoms with E-state index in [1.807, 2.05) is 12.1 Å². The minimum atomic E-state index is -0.529. The summed E-state index contributed by atoms with van der Waals surface area (Å²) in [5, 5.41) is 9.02. The number of rotatable bonds is 3. The molecule has 1 atom stereocenters. The number of hydrogen-bond acceptors (Lipinski definition) is 2. The van der Waals surface area contributed by atoms with Crippen LogP contribution in [0.2, 0.25) is 0 Å². The van der Waals surface area contributed by atoms with Crippen LogP contribution in [0.4, 0.5) is 4.39 Å². The topological polar surface area (TPSA) is 33.0 Å². The van der Waals surface area contributed by atoms with Gasteiger partial charge >= 0.3 is 0 Å². The molecule has 0 amide bonds. The lowest BCUT2D eigenvalue weighted by atomic mass is 9.83. The minimum absolute atomic E-state index is 0.0124. The zero-order valence-electron chi connectivity index (χ0n) is 11.7. The predicted molar refractivity (Wildman–Crippen MR) is 78.7 cm³/mol. The van der Waals surface area contributed by atoms with Gasteiger partial charge in [0.15, 0.2) is 0 Å². The molecule has 1 aliphatic carbocycles. The summed E-state index contributed by atoms with van der Waals surface area (Å²) in [5.41, 5.74) is 2.68. The first-order chi connectivity index (χ1) is 10.3. The molecule has 2 nitrogen and oxygen atoms in total. The smallest absolute Gasteiger partial charge is 0.144 e. The third kappa shape index (κ3) is 2.75. The maximum absolute atomic E-state index is 13.6. The van der Waals surface area contributed by atoms with Crippen LogP contribution < -0.4 is 4.74 Å². The van der Waals surface area contributed by atoms with Gasteiger partial charge in [-0.3, -0.25) is 0 Å².